The summed E-state index contributed by atoms with van der Waals surface area (Å²) in [5.74, 6) is 4.97. The largest absolute Gasteiger partial charge is 0.404 e. The maximum atomic E-state index is 5.34. The molecule has 0 unspecified atom stereocenters. The fourth-order valence-corrected chi connectivity index (χ4v) is 0.567. The van der Waals surface area contributed by atoms with Crippen molar-refractivity contribution < 1.29 is 0 Å². The molecule has 0 amide bonds. The lowest BCUT2D eigenvalue weighted by Crippen LogP contribution is -2.12. The van der Waals surface area contributed by atoms with Crippen LogP contribution in [0.25, 0.3) is 0 Å². The van der Waals surface area contributed by atoms with Crippen LogP contribution in [0.2, 0.25) is 0 Å². The zero-order valence-corrected chi connectivity index (χ0v) is 6.76. The second-order valence-electron chi connectivity index (χ2n) is 3.15. The smallest absolute Gasteiger partial charge is 0.0517 e. The molecule has 4 N–H and O–H groups in total. The molecule has 0 spiro atoms. The summed E-state index contributed by atoms with van der Waals surface area (Å²) in [5.41, 5.74) is 6.30. The van der Waals surface area contributed by atoms with E-state index in [9.17, 15) is 0 Å². The molecule has 10 heavy (non-hydrogen) atoms. The first-order valence-electron chi connectivity index (χ1n) is 3.18. The number of hydrazone groups is 1. The Labute approximate surface area is 61.8 Å². The van der Waals surface area contributed by atoms with Crippen LogP contribution in [0.4, 0.5) is 0 Å². The number of hydrogen-bond donors (Lipinski definition) is 2. The molecule has 0 aromatic carbocycles. The molecule has 0 aliphatic heterocycles. The van der Waals surface area contributed by atoms with Gasteiger partial charge in [0.2, 0.25) is 0 Å². The summed E-state index contributed by atoms with van der Waals surface area (Å²) in [6.07, 6.45) is 3.09. The molecule has 0 aliphatic rings. The van der Waals surface area contributed by atoms with Gasteiger partial charge in [0.1, 0.15) is 0 Å². The highest BCUT2D eigenvalue weighted by Gasteiger charge is 2.13. The normalized spacial score (nSPS) is 14.5. The monoisotopic (exact) mass is 141 g/mol. The standard InChI is InChI=1S/C7H15N3/c1-7(2,3)6(4-8)5-10-9/h4-5H,8-9H2,1-3H3/b6-4+,10-5?. The summed E-state index contributed by atoms with van der Waals surface area (Å²) in [6.45, 7) is 6.15. The maximum Gasteiger partial charge on any atom is 0.0517 e. The van der Waals surface area contributed by atoms with E-state index in [1.165, 1.54) is 6.20 Å². The Morgan fingerprint density at radius 2 is 1.90 bits per heavy atom. The number of rotatable bonds is 1. The topological polar surface area (TPSA) is 64.4 Å². The van der Waals surface area contributed by atoms with Gasteiger partial charge in [0.15, 0.2) is 0 Å². The summed E-state index contributed by atoms with van der Waals surface area (Å²) in [5, 5.41) is 3.40. The first kappa shape index (κ1) is 9.01. The Hall–Kier alpha value is -0.990. The van der Waals surface area contributed by atoms with Gasteiger partial charge in [-0.15, -0.1) is 0 Å². The minimum atomic E-state index is 0.0254. The van der Waals surface area contributed by atoms with Crippen molar-refractivity contribution in [2.45, 2.75) is 20.8 Å². The van der Waals surface area contributed by atoms with Crippen LogP contribution in [0.3, 0.4) is 0 Å². The lowest BCUT2D eigenvalue weighted by molar-refractivity contribution is 0.525. The van der Waals surface area contributed by atoms with Gasteiger partial charge in [-0.2, -0.15) is 5.10 Å². The van der Waals surface area contributed by atoms with E-state index in [1.807, 2.05) is 20.8 Å². The van der Waals surface area contributed by atoms with E-state index in [-0.39, 0.29) is 5.41 Å². The summed E-state index contributed by atoms with van der Waals surface area (Å²) in [4.78, 5) is 0. The molecule has 0 fully saturated rings. The number of nitrogens with two attached hydrogens (primary N) is 2. The Bertz CT molecular complexity index is 151. The van der Waals surface area contributed by atoms with Crippen LogP contribution in [-0.2, 0) is 0 Å². The first-order chi connectivity index (χ1) is 4.52. The molecule has 0 bridgehead atoms. The van der Waals surface area contributed by atoms with Crippen LogP contribution in [0, 0.1) is 5.41 Å². The molecule has 0 rings (SSSR count). The highest BCUT2D eigenvalue weighted by Crippen LogP contribution is 2.22. The maximum absolute atomic E-state index is 5.34. The average molecular weight is 141 g/mol. The Balaban J connectivity index is 4.39. The third kappa shape index (κ3) is 2.53. The molecule has 58 valence electrons. The van der Waals surface area contributed by atoms with Gasteiger partial charge in [0.05, 0.1) is 6.21 Å². The lowest BCUT2D eigenvalue weighted by Gasteiger charge is -2.18. The molecule has 3 nitrogen and oxygen atoms in total. The van der Waals surface area contributed by atoms with Gasteiger partial charge in [-0.25, -0.2) is 0 Å². The van der Waals surface area contributed by atoms with Crippen molar-refractivity contribution in [3.63, 3.8) is 0 Å². The summed E-state index contributed by atoms with van der Waals surface area (Å²) in [7, 11) is 0. The van der Waals surface area contributed by atoms with Gasteiger partial charge in [-0.1, -0.05) is 20.8 Å². The van der Waals surface area contributed by atoms with E-state index < -0.39 is 0 Å². The Morgan fingerprint density at radius 1 is 1.40 bits per heavy atom. The minimum absolute atomic E-state index is 0.0254. The molecule has 0 aromatic rings. The molecular weight excluding hydrogens is 126 g/mol. The third-order valence-corrected chi connectivity index (χ3v) is 1.26. The van der Waals surface area contributed by atoms with Gasteiger partial charge < -0.3 is 11.6 Å². The molecule has 0 heterocycles. The number of allylic oxidation sites excluding steroid dienone is 1. The van der Waals surface area contributed by atoms with E-state index in [4.69, 9.17) is 11.6 Å². The zero-order valence-electron chi connectivity index (χ0n) is 6.76. The fourth-order valence-electron chi connectivity index (χ4n) is 0.567. The van der Waals surface area contributed by atoms with E-state index in [1.54, 1.807) is 6.21 Å². The summed E-state index contributed by atoms with van der Waals surface area (Å²) in [6, 6.07) is 0. The van der Waals surface area contributed by atoms with Crippen LogP contribution >= 0.6 is 0 Å². The van der Waals surface area contributed by atoms with Crippen LogP contribution < -0.4 is 11.6 Å². The van der Waals surface area contributed by atoms with Gasteiger partial charge in [-0.3, -0.25) is 0 Å². The van der Waals surface area contributed by atoms with E-state index >= 15 is 0 Å². The van der Waals surface area contributed by atoms with Gasteiger partial charge in [0, 0.05) is 0 Å². The molecule has 0 saturated carbocycles. The van der Waals surface area contributed by atoms with Crippen LogP contribution in [0.5, 0.6) is 0 Å². The second kappa shape index (κ2) is 3.25. The molecule has 0 atom stereocenters. The third-order valence-electron chi connectivity index (χ3n) is 1.26. The van der Waals surface area contributed by atoms with Crippen molar-refractivity contribution in [3.05, 3.63) is 11.8 Å². The summed E-state index contributed by atoms with van der Waals surface area (Å²) >= 11 is 0. The van der Waals surface area contributed by atoms with E-state index in [0.29, 0.717) is 0 Å². The highest BCUT2D eigenvalue weighted by atomic mass is 15.1. The van der Waals surface area contributed by atoms with Gasteiger partial charge in [0.25, 0.3) is 0 Å². The lowest BCUT2D eigenvalue weighted by atomic mass is 9.88. The first-order valence-corrected chi connectivity index (χ1v) is 3.18. The fraction of sp³-hybridized carbons (Fsp3) is 0.571. The van der Waals surface area contributed by atoms with Crippen molar-refractivity contribution in [1.29, 1.82) is 0 Å². The molecule has 0 aromatic heterocycles. The molecule has 0 aliphatic carbocycles. The van der Waals surface area contributed by atoms with Crippen LogP contribution in [0.1, 0.15) is 20.8 Å². The molecular formula is C7H15N3. The van der Waals surface area contributed by atoms with Crippen molar-refractivity contribution in [2.24, 2.45) is 22.1 Å². The van der Waals surface area contributed by atoms with Gasteiger partial charge >= 0.3 is 0 Å². The Kier molecular flexibility index (Phi) is 2.93. The van der Waals surface area contributed by atoms with Crippen LogP contribution in [0.15, 0.2) is 16.9 Å². The minimum Gasteiger partial charge on any atom is -0.404 e. The number of hydrogen-bond acceptors (Lipinski definition) is 3. The van der Waals surface area contributed by atoms with Crippen molar-refractivity contribution >= 4 is 6.21 Å². The molecule has 3 heteroatoms. The van der Waals surface area contributed by atoms with Crippen LogP contribution in [-0.4, -0.2) is 6.21 Å². The van der Waals surface area contributed by atoms with E-state index in [2.05, 4.69) is 5.10 Å². The predicted octanol–water partition coefficient (Wildman–Crippen LogP) is 0.820. The number of nitrogens with zero attached hydrogens (tertiary/aromatic N) is 1. The zero-order chi connectivity index (χ0) is 8.20. The van der Waals surface area contributed by atoms with Gasteiger partial charge in [-0.05, 0) is 17.2 Å². The van der Waals surface area contributed by atoms with E-state index in [0.717, 1.165) is 5.57 Å². The van der Waals surface area contributed by atoms with Crippen molar-refractivity contribution in [2.75, 3.05) is 0 Å². The SMILES string of the molecule is CC(C)(C)/C(C=NN)=C/N. The second-order valence-corrected chi connectivity index (χ2v) is 3.15. The molecule has 0 radical (unpaired) electrons. The predicted molar refractivity (Wildman–Crippen MR) is 44.4 cm³/mol. The van der Waals surface area contributed by atoms with Crippen molar-refractivity contribution in [3.8, 4) is 0 Å². The summed E-state index contributed by atoms with van der Waals surface area (Å²) < 4.78 is 0. The average Bonchev–Trinajstić information content (AvgIpc) is 1.80. The highest BCUT2D eigenvalue weighted by molar-refractivity contribution is 5.79. The van der Waals surface area contributed by atoms with Crippen molar-refractivity contribution in [1.82, 2.24) is 0 Å². The quantitative estimate of drug-likeness (QED) is 0.322. The Morgan fingerprint density at radius 3 is 2.00 bits per heavy atom. The molecule has 0 saturated heterocycles.